The Morgan fingerprint density at radius 1 is 0.839 bits per heavy atom. The zero-order chi connectivity index (χ0) is 23.2. The van der Waals surface area contributed by atoms with Crippen LogP contribution < -0.4 is 15.8 Å². The number of rotatable bonds is 6. The Hall–Kier alpha value is -3.06. The molecular weight excluding hydrogens is 396 g/mol. The Balaban J connectivity index is 2.31. The number of carbonyl (C=O) groups excluding carboxylic acids is 2. The van der Waals surface area contributed by atoms with E-state index in [-0.39, 0.29) is 0 Å². The molecule has 2 aromatic rings. The van der Waals surface area contributed by atoms with E-state index < -0.39 is 35.3 Å². The van der Waals surface area contributed by atoms with Crippen LogP contribution in [-0.2, 0) is 14.3 Å². The van der Waals surface area contributed by atoms with E-state index in [4.69, 9.17) is 19.9 Å². The van der Waals surface area contributed by atoms with Crippen molar-refractivity contribution in [3.63, 3.8) is 0 Å². The molecule has 0 saturated carbocycles. The molecule has 2 aromatic carbocycles. The first-order valence-corrected chi connectivity index (χ1v) is 10.1. The normalized spacial score (nSPS) is 13.6. The minimum atomic E-state index is -1.15. The lowest BCUT2D eigenvalue weighted by atomic mass is 9.99. The van der Waals surface area contributed by atoms with Crippen molar-refractivity contribution in [3.8, 4) is 11.5 Å². The molecule has 0 radical (unpaired) electrons. The number of benzene rings is 2. The number of hydrogen-bond acceptors (Lipinski definition) is 6. The number of amides is 1. The minimum Gasteiger partial charge on any atom is -0.459 e. The topological polar surface area (TPSA) is 99.9 Å². The number of carbonyl (C=O) groups is 2. The van der Waals surface area contributed by atoms with E-state index >= 15 is 0 Å². The monoisotopic (exact) mass is 428 g/mol. The number of nitrogens with two attached hydrogens (primary N) is 1. The van der Waals surface area contributed by atoms with Crippen LogP contribution in [0, 0.1) is 0 Å². The molecule has 0 saturated heterocycles. The maximum Gasteiger partial charge on any atom is 0.408 e. The zero-order valence-corrected chi connectivity index (χ0v) is 19.0. The van der Waals surface area contributed by atoms with E-state index in [9.17, 15) is 9.59 Å². The molecule has 7 heteroatoms. The Kier molecular flexibility index (Phi) is 7.68. The highest BCUT2D eigenvalue weighted by atomic mass is 16.6. The van der Waals surface area contributed by atoms with Gasteiger partial charge in [-0.3, -0.25) is 4.79 Å². The van der Waals surface area contributed by atoms with E-state index in [1.165, 1.54) is 0 Å². The molecule has 7 nitrogen and oxygen atoms in total. The SMILES string of the molecule is CC(C)(C)OC(=O)N[C@H](c1cccc(Oc2ccccc2)c1)[C@@H](N)C(=O)OC(C)(C)C. The maximum absolute atomic E-state index is 12.6. The number of esters is 1. The molecule has 0 fully saturated rings. The first-order valence-electron chi connectivity index (χ1n) is 10.1. The standard InChI is InChI=1S/C24H32N2O5/c1-23(2,3)30-21(27)19(25)20(26-22(28)31-24(4,5)6)16-11-10-14-18(15-16)29-17-12-8-7-9-13-17/h7-15,19-20H,25H2,1-6H3,(H,26,28)/t19-,20-/m1/s1. The Bertz CT molecular complexity index is 885. The van der Waals surface area contributed by atoms with Gasteiger partial charge in [0.25, 0.3) is 0 Å². The Morgan fingerprint density at radius 3 is 2.00 bits per heavy atom. The summed E-state index contributed by atoms with van der Waals surface area (Å²) in [6.07, 6.45) is -0.689. The third-order valence-corrected chi connectivity index (χ3v) is 3.91. The maximum atomic E-state index is 12.6. The predicted octanol–water partition coefficient (Wildman–Crippen LogP) is 4.71. The predicted molar refractivity (Wildman–Crippen MR) is 119 cm³/mol. The van der Waals surface area contributed by atoms with Gasteiger partial charge in [-0.05, 0) is 71.4 Å². The fourth-order valence-corrected chi connectivity index (χ4v) is 2.72. The first kappa shape index (κ1) is 24.2. The average molecular weight is 429 g/mol. The number of nitrogens with one attached hydrogen (secondary N) is 1. The molecule has 0 spiro atoms. The van der Waals surface area contributed by atoms with Gasteiger partial charge in [-0.15, -0.1) is 0 Å². The van der Waals surface area contributed by atoms with Gasteiger partial charge in [0.2, 0.25) is 0 Å². The molecule has 0 aliphatic carbocycles. The Morgan fingerprint density at radius 2 is 1.42 bits per heavy atom. The molecule has 1 amide bonds. The summed E-state index contributed by atoms with van der Waals surface area (Å²) in [5, 5.41) is 2.70. The summed E-state index contributed by atoms with van der Waals surface area (Å²) in [6.45, 7) is 10.5. The zero-order valence-electron chi connectivity index (χ0n) is 19.0. The summed E-state index contributed by atoms with van der Waals surface area (Å²) in [6, 6.07) is 14.3. The summed E-state index contributed by atoms with van der Waals surface area (Å²) >= 11 is 0. The molecule has 0 aliphatic rings. The van der Waals surface area contributed by atoms with Crippen molar-refractivity contribution in [2.24, 2.45) is 5.73 Å². The van der Waals surface area contributed by atoms with Crippen molar-refractivity contribution in [1.82, 2.24) is 5.32 Å². The molecule has 31 heavy (non-hydrogen) atoms. The summed E-state index contributed by atoms with van der Waals surface area (Å²) in [5.74, 6) is 0.562. The lowest BCUT2D eigenvalue weighted by Crippen LogP contribution is -2.48. The van der Waals surface area contributed by atoms with Gasteiger partial charge in [-0.1, -0.05) is 30.3 Å². The van der Waals surface area contributed by atoms with Crippen LogP contribution in [0.2, 0.25) is 0 Å². The summed E-state index contributed by atoms with van der Waals surface area (Å²) in [4.78, 5) is 25.1. The van der Waals surface area contributed by atoms with Gasteiger partial charge in [-0.2, -0.15) is 0 Å². The van der Waals surface area contributed by atoms with Crippen molar-refractivity contribution >= 4 is 12.1 Å². The van der Waals surface area contributed by atoms with E-state index in [2.05, 4.69) is 5.32 Å². The molecule has 0 aromatic heterocycles. The van der Waals surface area contributed by atoms with Crippen molar-refractivity contribution < 1.29 is 23.8 Å². The largest absolute Gasteiger partial charge is 0.459 e. The molecule has 0 bridgehead atoms. The highest BCUT2D eigenvalue weighted by molar-refractivity contribution is 5.79. The van der Waals surface area contributed by atoms with Crippen LogP contribution in [0.4, 0.5) is 4.79 Å². The molecule has 2 atom stereocenters. The molecule has 0 heterocycles. The second-order valence-corrected chi connectivity index (χ2v) is 9.17. The quantitative estimate of drug-likeness (QED) is 0.646. The summed E-state index contributed by atoms with van der Waals surface area (Å²) in [7, 11) is 0. The van der Waals surface area contributed by atoms with Crippen LogP contribution in [0.25, 0.3) is 0 Å². The molecular formula is C24H32N2O5. The van der Waals surface area contributed by atoms with E-state index in [0.717, 1.165) is 0 Å². The van der Waals surface area contributed by atoms with Crippen LogP contribution in [0.1, 0.15) is 53.1 Å². The minimum absolute atomic E-state index is 0.538. The fraction of sp³-hybridized carbons (Fsp3) is 0.417. The van der Waals surface area contributed by atoms with Gasteiger partial charge in [0.05, 0.1) is 6.04 Å². The van der Waals surface area contributed by atoms with Gasteiger partial charge in [0.15, 0.2) is 0 Å². The third kappa shape index (κ3) is 8.30. The third-order valence-electron chi connectivity index (χ3n) is 3.91. The van der Waals surface area contributed by atoms with E-state index in [1.807, 2.05) is 30.3 Å². The molecule has 3 N–H and O–H groups in total. The fourth-order valence-electron chi connectivity index (χ4n) is 2.72. The van der Waals surface area contributed by atoms with Gasteiger partial charge in [0.1, 0.15) is 28.7 Å². The second kappa shape index (κ2) is 9.83. The van der Waals surface area contributed by atoms with Crippen molar-refractivity contribution in [3.05, 3.63) is 60.2 Å². The average Bonchev–Trinajstić information content (AvgIpc) is 2.64. The number of ether oxygens (including phenoxy) is 3. The van der Waals surface area contributed by atoms with Crippen molar-refractivity contribution in [2.45, 2.75) is 64.8 Å². The van der Waals surface area contributed by atoms with Gasteiger partial charge in [-0.25, -0.2) is 4.79 Å². The first-order chi connectivity index (χ1) is 14.3. The molecule has 168 valence electrons. The second-order valence-electron chi connectivity index (χ2n) is 9.17. The van der Waals surface area contributed by atoms with Crippen LogP contribution in [0.15, 0.2) is 54.6 Å². The van der Waals surface area contributed by atoms with Crippen LogP contribution in [0.5, 0.6) is 11.5 Å². The lowest BCUT2D eigenvalue weighted by molar-refractivity contribution is -0.157. The lowest BCUT2D eigenvalue weighted by Gasteiger charge is -2.29. The van der Waals surface area contributed by atoms with E-state index in [1.54, 1.807) is 65.8 Å². The van der Waals surface area contributed by atoms with Gasteiger partial charge in [0, 0.05) is 0 Å². The number of para-hydroxylation sites is 1. The van der Waals surface area contributed by atoms with Gasteiger partial charge >= 0.3 is 12.1 Å². The highest BCUT2D eigenvalue weighted by Gasteiger charge is 2.33. The number of alkyl carbamates (subject to hydrolysis) is 1. The number of hydrogen-bond donors (Lipinski definition) is 2. The molecule has 0 unspecified atom stereocenters. The summed E-state index contributed by atoms with van der Waals surface area (Å²) in [5.41, 5.74) is 5.39. The van der Waals surface area contributed by atoms with E-state index in [0.29, 0.717) is 17.1 Å². The highest BCUT2D eigenvalue weighted by Crippen LogP contribution is 2.27. The van der Waals surface area contributed by atoms with Crippen LogP contribution in [0.3, 0.4) is 0 Å². The smallest absolute Gasteiger partial charge is 0.408 e. The van der Waals surface area contributed by atoms with Crippen LogP contribution in [-0.4, -0.2) is 29.3 Å². The molecule has 2 rings (SSSR count). The van der Waals surface area contributed by atoms with Gasteiger partial charge < -0.3 is 25.3 Å². The van der Waals surface area contributed by atoms with Crippen molar-refractivity contribution in [1.29, 1.82) is 0 Å². The molecule has 0 aliphatic heterocycles. The Labute approximate surface area is 183 Å². The van der Waals surface area contributed by atoms with Crippen LogP contribution >= 0.6 is 0 Å². The summed E-state index contributed by atoms with van der Waals surface area (Å²) < 4.78 is 16.7. The van der Waals surface area contributed by atoms with Crippen molar-refractivity contribution in [2.75, 3.05) is 0 Å².